The zero-order valence-electron chi connectivity index (χ0n) is 9.48. The molecule has 0 N–H and O–H groups in total. The summed E-state index contributed by atoms with van der Waals surface area (Å²) in [6.45, 7) is 3.61. The Balaban J connectivity index is 2.98. The molecule has 90 valence electrons. The van der Waals surface area contributed by atoms with Gasteiger partial charge in [-0.25, -0.2) is 0 Å². The third-order valence-electron chi connectivity index (χ3n) is 1.99. The van der Waals surface area contributed by atoms with E-state index in [2.05, 4.69) is 0 Å². The number of rotatable bonds is 5. The Morgan fingerprint density at radius 3 is 2.44 bits per heavy atom. The summed E-state index contributed by atoms with van der Waals surface area (Å²) in [7, 11) is -3.75. The standard InChI is InChI=1S/C11H16FO3P/c1-3-14-16(13,15-4-2)11(12)10-8-6-5-7-9-10/h5-8H,3-4,9H2,1-2H3/b11-10-. The van der Waals surface area contributed by atoms with Crippen LogP contribution in [0.2, 0.25) is 0 Å². The largest absolute Gasteiger partial charge is 0.389 e. The molecule has 0 bridgehead atoms. The maximum Gasteiger partial charge on any atom is 0.389 e. The van der Waals surface area contributed by atoms with Crippen molar-refractivity contribution in [1.29, 1.82) is 0 Å². The number of hydrogen-bond acceptors (Lipinski definition) is 3. The third-order valence-corrected chi connectivity index (χ3v) is 3.95. The molecule has 0 aromatic heterocycles. The van der Waals surface area contributed by atoms with Crippen LogP contribution >= 0.6 is 7.60 Å². The fourth-order valence-corrected chi connectivity index (χ4v) is 2.83. The first-order valence-corrected chi connectivity index (χ1v) is 6.80. The molecule has 0 aliphatic heterocycles. The molecule has 1 aliphatic rings. The average Bonchev–Trinajstić information content (AvgIpc) is 2.30. The van der Waals surface area contributed by atoms with Crippen molar-refractivity contribution in [1.82, 2.24) is 0 Å². The molecule has 0 aromatic carbocycles. The lowest BCUT2D eigenvalue weighted by Crippen LogP contribution is -1.98. The van der Waals surface area contributed by atoms with Crippen LogP contribution in [0.3, 0.4) is 0 Å². The van der Waals surface area contributed by atoms with Crippen molar-refractivity contribution in [2.24, 2.45) is 0 Å². The van der Waals surface area contributed by atoms with E-state index in [-0.39, 0.29) is 13.2 Å². The molecular weight excluding hydrogens is 230 g/mol. The molecular formula is C11H16FO3P. The Morgan fingerprint density at radius 1 is 1.38 bits per heavy atom. The summed E-state index contributed by atoms with van der Waals surface area (Å²) in [6.07, 6.45) is 7.29. The Hall–Kier alpha value is -0.700. The Kier molecular flexibility index (Phi) is 5.13. The second-order valence-electron chi connectivity index (χ2n) is 3.14. The highest BCUT2D eigenvalue weighted by atomic mass is 31.2. The second kappa shape index (κ2) is 6.14. The van der Waals surface area contributed by atoms with E-state index in [4.69, 9.17) is 9.05 Å². The van der Waals surface area contributed by atoms with Gasteiger partial charge in [-0.15, -0.1) is 0 Å². The summed E-state index contributed by atoms with van der Waals surface area (Å²) in [5.74, 6) is 0. The lowest BCUT2D eigenvalue weighted by atomic mass is 10.1. The van der Waals surface area contributed by atoms with Crippen LogP contribution in [-0.2, 0) is 13.6 Å². The van der Waals surface area contributed by atoms with Crippen LogP contribution in [0.5, 0.6) is 0 Å². The molecule has 1 aliphatic carbocycles. The SMILES string of the molecule is CCOP(=O)(OCC)/C(F)=C1/C=CC=CC1. The monoisotopic (exact) mass is 246 g/mol. The molecule has 0 spiro atoms. The first-order valence-electron chi connectivity index (χ1n) is 5.25. The van der Waals surface area contributed by atoms with E-state index in [1.165, 1.54) is 0 Å². The molecule has 0 unspecified atom stereocenters. The normalized spacial score (nSPS) is 18.9. The van der Waals surface area contributed by atoms with Crippen LogP contribution < -0.4 is 0 Å². The lowest BCUT2D eigenvalue weighted by molar-refractivity contribution is 0.219. The predicted octanol–water partition coefficient (Wildman–Crippen LogP) is 3.95. The minimum absolute atomic E-state index is 0.150. The van der Waals surface area contributed by atoms with Crippen LogP contribution in [0.4, 0.5) is 4.39 Å². The Bertz CT molecular complexity index is 361. The quantitative estimate of drug-likeness (QED) is 0.689. The molecule has 5 heteroatoms. The highest BCUT2D eigenvalue weighted by Gasteiger charge is 2.32. The van der Waals surface area contributed by atoms with Gasteiger partial charge in [-0.2, -0.15) is 4.39 Å². The van der Waals surface area contributed by atoms with Gasteiger partial charge in [0.1, 0.15) is 0 Å². The van der Waals surface area contributed by atoms with E-state index in [0.717, 1.165) is 0 Å². The number of allylic oxidation sites excluding steroid dienone is 5. The van der Waals surface area contributed by atoms with Gasteiger partial charge in [-0.05, 0) is 20.3 Å². The molecule has 0 atom stereocenters. The number of hydrogen-bond donors (Lipinski definition) is 0. The Labute approximate surface area is 95.2 Å². The fraction of sp³-hybridized carbons (Fsp3) is 0.455. The topological polar surface area (TPSA) is 35.5 Å². The molecule has 1 rings (SSSR count). The van der Waals surface area contributed by atoms with Gasteiger partial charge in [0.15, 0.2) is 0 Å². The molecule has 0 aromatic rings. The first kappa shape index (κ1) is 13.4. The van der Waals surface area contributed by atoms with Gasteiger partial charge in [-0.3, -0.25) is 4.57 Å². The van der Waals surface area contributed by atoms with E-state index < -0.39 is 13.2 Å². The molecule has 0 amide bonds. The summed E-state index contributed by atoms with van der Waals surface area (Å²) < 4.78 is 35.9. The van der Waals surface area contributed by atoms with Gasteiger partial charge in [0.05, 0.1) is 13.2 Å². The van der Waals surface area contributed by atoms with Gasteiger partial charge in [0, 0.05) is 5.57 Å². The van der Waals surface area contributed by atoms with Crippen molar-refractivity contribution < 1.29 is 18.0 Å². The second-order valence-corrected chi connectivity index (χ2v) is 5.04. The zero-order chi connectivity index (χ0) is 12.0. The van der Waals surface area contributed by atoms with Gasteiger partial charge < -0.3 is 9.05 Å². The van der Waals surface area contributed by atoms with Crippen LogP contribution in [0.25, 0.3) is 0 Å². The van der Waals surface area contributed by atoms with Crippen molar-refractivity contribution in [2.75, 3.05) is 13.2 Å². The Morgan fingerprint density at radius 2 is 2.00 bits per heavy atom. The summed E-state index contributed by atoms with van der Waals surface area (Å²) in [4.78, 5) is 0. The smallest absolute Gasteiger partial charge is 0.304 e. The fourth-order valence-electron chi connectivity index (χ4n) is 1.33. The van der Waals surface area contributed by atoms with Crippen LogP contribution in [0.1, 0.15) is 20.3 Å². The van der Waals surface area contributed by atoms with E-state index in [1.807, 2.05) is 6.08 Å². The van der Waals surface area contributed by atoms with Gasteiger partial charge in [0.25, 0.3) is 0 Å². The molecule has 3 nitrogen and oxygen atoms in total. The van der Waals surface area contributed by atoms with Crippen molar-refractivity contribution in [3.05, 3.63) is 35.4 Å². The van der Waals surface area contributed by atoms with E-state index in [1.54, 1.807) is 32.1 Å². The minimum Gasteiger partial charge on any atom is -0.304 e. The molecule has 0 radical (unpaired) electrons. The maximum absolute atomic E-state index is 14.0. The molecule has 0 saturated heterocycles. The highest BCUT2D eigenvalue weighted by Crippen LogP contribution is 2.58. The third kappa shape index (κ3) is 3.14. The van der Waals surface area contributed by atoms with Gasteiger partial charge in [0.2, 0.25) is 5.57 Å². The van der Waals surface area contributed by atoms with Crippen molar-refractivity contribution in [3.8, 4) is 0 Å². The zero-order valence-corrected chi connectivity index (χ0v) is 10.4. The summed E-state index contributed by atoms with van der Waals surface area (Å²) >= 11 is 0. The highest BCUT2D eigenvalue weighted by molar-refractivity contribution is 7.58. The van der Waals surface area contributed by atoms with Gasteiger partial charge in [-0.1, -0.05) is 24.3 Å². The lowest BCUT2D eigenvalue weighted by Gasteiger charge is -2.17. The van der Waals surface area contributed by atoms with Crippen LogP contribution in [-0.4, -0.2) is 13.2 Å². The van der Waals surface area contributed by atoms with Gasteiger partial charge >= 0.3 is 7.60 Å². The van der Waals surface area contributed by atoms with E-state index in [9.17, 15) is 8.96 Å². The predicted molar refractivity (Wildman–Crippen MR) is 61.9 cm³/mol. The van der Waals surface area contributed by atoms with E-state index in [0.29, 0.717) is 12.0 Å². The van der Waals surface area contributed by atoms with Crippen LogP contribution in [0.15, 0.2) is 35.4 Å². The van der Waals surface area contributed by atoms with E-state index >= 15 is 0 Å². The van der Waals surface area contributed by atoms with Crippen LogP contribution in [0, 0.1) is 0 Å². The number of halogens is 1. The van der Waals surface area contributed by atoms with Crippen molar-refractivity contribution in [3.63, 3.8) is 0 Å². The molecule has 16 heavy (non-hydrogen) atoms. The molecule has 0 saturated carbocycles. The summed E-state index contributed by atoms with van der Waals surface area (Å²) in [5, 5.41) is 0. The average molecular weight is 246 g/mol. The first-order chi connectivity index (χ1) is 7.64. The maximum atomic E-state index is 14.0. The molecule has 0 heterocycles. The van der Waals surface area contributed by atoms with Crippen molar-refractivity contribution >= 4 is 7.60 Å². The summed E-state index contributed by atoms with van der Waals surface area (Å²) in [5.41, 5.74) is -0.426. The minimum atomic E-state index is -3.75. The summed E-state index contributed by atoms with van der Waals surface area (Å²) in [6, 6.07) is 0. The molecule has 0 fully saturated rings. The van der Waals surface area contributed by atoms with Crippen molar-refractivity contribution in [2.45, 2.75) is 20.3 Å².